The predicted molar refractivity (Wildman–Crippen MR) is 59.5 cm³/mol. The van der Waals surface area contributed by atoms with Gasteiger partial charge in [0.2, 0.25) is 0 Å². The summed E-state index contributed by atoms with van der Waals surface area (Å²) in [5.74, 6) is 0. The van der Waals surface area contributed by atoms with Crippen molar-refractivity contribution in [1.82, 2.24) is 10.2 Å². The van der Waals surface area contributed by atoms with Crippen molar-refractivity contribution in [3.05, 3.63) is 12.7 Å². The van der Waals surface area contributed by atoms with Crippen molar-refractivity contribution < 1.29 is 4.74 Å². The number of hydrogen-bond donors (Lipinski definition) is 1. The minimum Gasteiger partial charge on any atom is -0.374 e. The van der Waals surface area contributed by atoms with E-state index >= 15 is 0 Å². The van der Waals surface area contributed by atoms with E-state index in [9.17, 15) is 0 Å². The van der Waals surface area contributed by atoms with Crippen molar-refractivity contribution in [1.29, 1.82) is 0 Å². The number of likely N-dealkylation sites (N-methyl/N-ethyl adjacent to an activating group) is 2. The summed E-state index contributed by atoms with van der Waals surface area (Å²) in [5, 5.41) is 3.29. The molecular formula is C11H22N2O. The SMILES string of the molecule is C=CCC(NC)C1CN(CC)CCO1. The summed E-state index contributed by atoms with van der Waals surface area (Å²) in [6, 6.07) is 0.404. The third kappa shape index (κ3) is 3.08. The van der Waals surface area contributed by atoms with Crippen LogP contribution in [0.4, 0.5) is 0 Å². The van der Waals surface area contributed by atoms with Gasteiger partial charge >= 0.3 is 0 Å². The Hall–Kier alpha value is -0.380. The molecule has 1 aliphatic heterocycles. The van der Waals surface area contributed by atoms with Crippen LogP contribution in [0.25, 0.3) is 0 Å². The second-order valence-corrected chi connectivity index (χ2v) is 3.72. The van der Waals surface area contributed by atoms with Gasteiger partial charge in [0.15, 0.2) is 0 Å². The van der Waals surface area contributed by atoms with Gasteiger partial charge in [-0.1, -0.05) is 13.0 Å². The largest absolute Gasteiger partial charge is 0.374 e. The van der Waals surface area contributed by atoms with Gasteiger partial charge < -0.3 is 10.1 Å². The molecule has 0 aromatic heterocycles. The van der Waals surface area contributed by atoms with Crippen LogP contribution in [-0.4, -0.2) is 50.3 Å². The molecule has 1 saturated heterocycles. The van der Waals surface area contributed by atoms with Gasteiger partial charge in [0.25, 0.3) is 0 Å². The lowest BCUT2D eigenvalue weighted by molar-refractivity contribution is -0.0431. The molecule has 0 aromatic rings. The average Bonchev–Trinajstić information content (AvgIpc) is 2.26. The molecule has 82 valence electrons. The standard InChI is InChI=1S/C11H22N2O/c1-4-6-10(12-3)11-9-13(5-2)7-8-14-11/h4,10-12H,1,5-9H2,2-3H3. The van der Waals surface area contributed by atoms with E-state index in [-0.39, 0.29) is 0 Å². The van der Waals surface area contributed by atoms with Gasteiger partial charge in [-0.05, 0) is 20.0 Å². The van der Waals surface area contributed by atoms with Gasteiger partial charge in [-0.15, -0.1) is 6.58 Å². The smallest absolute Gasteiger partial charge is 0.0858 e. The van der Waals surface area contributed by atoms with Gasteiger partial charge in [0, 0.05) is 19.1 Å². The molecule has 0 radical (unpaired) electrons. The van der Waals surface area contributed by atoms with E-state index in [1.165, 1.54) is 0 Å². The molecule has 3 heteroatoms. The average molecular weight is 198 g/mol. The Morgan fingerprint density at radius 3 is 3.07 bits per heavy atom. The first-order valence-corrected chi connectivity index (χ1v) is 5.44. The van der Waals surface area contributed by atoms with E-state index in [2.05, 4.69) is 23.7 Å². The molecule has 14 heavy (non-hydrogen) atoms. The Kier molecular flexibility index (Phi) is 5.15. The van der Waals surface area contributed by atoms with Crippen LogP contribution in [0.2, 0.25) is 0 Å². The first kappa shape index (κ1) is 11.7. The van der Waals surface area contributed by atoms with E-state index in [1.54, 1.807) is 0 Å². The monoisotopic (exact) mass is 198 g/mol. The summed E-state index contributed by atoms with van der Waals surface area (Å²) >= 11 is 0. The first-order chi connectivity index (χ1) is 6.81. The van der Waals surface area contributed by atoms with Gasteiger partial charge in [-0.25, -0.2) is 0 Å². The highest BCUT2D eigenvalue weighted by Crippen LogP contribution is 2.11. The van der Waals surface area contributed by atoms with E-state index in [4.69, 9.17) is 4.74 Å². The van der Waals surface area contributed by atoms with Crippen LogP contribution >= 0.6 is 0 Å². The third-order valence-electron chi connectivity index (χ3n) is 2.86. The van der Waals surface area contributed by atoms with Crippen molar-refractivity contribution in [3.63, 3.8) is 0 Å². The van der Waals surface area contributed by atoms with Gasteiger partial charge in [-0.3, -0.25) is 4.90 Å². The van der Waals surface area contributed by atoms with Crippen molar-refractivity contribution in [3.8, 4) is 0 Å². The zero-order chi connectivity index (χ0) is 10.4. The minimum atomic E-state index is 0.312. The number of nitrogens with one attached hydrogen (secondary N) is 1. The molecule has 2 unspecified atom stereocenters. The van der Waals surface area contributed by atoms with Crippen LogP contribution in [0, 0.1) is 0 Å². The minimum absolute atomic E-state index is 0.312. The van der Waals surface area contributed by atoms with Crippen LogP contribution in [-0.2, 0) is 4.74 Å². The Labute approximate surface area is 87.1 Å². The molecule has 0 aliphatic carbocycles. The van der Waals surface area contributed by atoms with Gasteiger partial charge in [0.05, 0.1) is 12.7 Å². The maximum absolute atomic E-state index is 5.76. The lowest BCUT2D eigenvalue weighted by Crippen LogP contribution is -2.51. The fourth-order valence-electron chi connectivity index (χ4n) is 1.90. The normalized spacial score (nSPS) is 26.0. The molecule has 3 nitrogen and oxygen atoms in total. The molecule has 0 aromatic carbocycles. The molecule has 1 fully saturated rings. The maximum atomic E-state index is 5.76. The number of nitrogens with zero attached hydrogens (tertiary/aromatic N) is 1. The second kappa shape index (κ2) is 6.17. The molecule has 2 atom stereocenters. The van der Waals surface area contributed by atoms with E-state index in [0.29, 0.717) is 12.1 Å². The Morgan fingerprint density at radius 1 is 1.71 bits per heavy atom. The first-order valence-electron chi connectivity index (χ1n) is 5.44. The molecule has 1 aliphatic rings. The molecule has 1 rings (SSSR count). The second-order valence-electron chi connectivity index (χ2n) is 3.72. The van der Waals surface area contributed by atoms with Gasteiger partial charge in [-0.2, -0.15) is 0 Å². The molecule has 0 saturated carbocycles. The van der Waals surface area contributed by atoms with E-state index in [1.807, 2.05) is 13.1 Å². The third-order valence-corrected chi connectivity index (χ3v) is 2.86. The summed E-state index contributed by atoms with van der Waals surface area (Å²) in [6.45, 7) is 10.0. The van der Waals surface area contributed by atoms with Crippen LogP contribution < -0.4 is 5.32 Å². The maximum Gasteiger partial charge on any atom is 0.0858 e. The zero-order valence-corrected chi connectivity index (χ0v) is 9.33. The molecule has 1 heterocycles. The van der Waals surface area contributed by atoms with E-state index in [0.717, 1.165) is 32.7 Å². The summed E-state index contributed by atoms with van der Waals surface area (Å²) < 4.78 is 5.76. The topological polar surface area (TPSA) is 24.5 Å². The fraction of sp³-hybridized carbons (Fsp3) is 0.818. The van der Waals surface area contributed by atoms with Crippen molar-refractivity contribution in [2.24, 2.45) is 0 Å². The Morgan fingerprint density at radius 2 is 2.50 bits per heavy atom. The van der Waals surface area contributed by atoms with Crippen molar-refractivity contribution >= 4 is 0 Å². The summed E-state index contributed by atoms with van der Waals surface area (Å²) in [7, 11) is 1.99. The molecule has 1 N–H and O–H groups in total. The highest BCUT2D eigenvalue weighted by Gasteiger charge is 2.25. The van der Waals surface area contributed by atoms with Crippen LogP contribution in [0.5, 0.6) is 0 Å². The van der Waals surface area contributed by atoms with E-state index < -0.39 is 0 Å². The number of rotatable bonds is 5. The van der Waals surface area contributed by atoms with Crippen LogP contribution in [0.3, 0.4) is 0 Å². The molecule has 0 bridgehead atoms. The molecular weight excluding hydrogens is 176 g/mol. The number of ether oxygens (including phenoxy) is 1. The summed E-state index contributed by atoms with van der Waals surface area (Å²) in [5.41, 5.74) is 0. The van der Waals surface area contributed by atoms with Gasteiger partial charge in [0.1, 0.15) is 0 Å². The van der Waals surface area contributed by atoms with Crippen molar-refractivity contribution in [2.45, 2.75) is 25.5 Å². The zero-order valence-electron chi connectivity index (χ0n) is 9.33. The predicted octanol–water partition coefficient (Wildman–Crippen LogP) is 0.871. The lowest BCUT2D eigenvalue weighted by atomic mass is 10.1. The fourth-order valence-corrected chi connectivity index (χ4v) is 1.90. The highest BCUT2D eigenvalue weighted by molar-refractivity contribution is 4.86. The summed E-state index contributed by atoms with van der Waals surface area (Å²) in [6.07, 6.45) is 3.24. The molecule has 0 spiro atoms. The Bertz CT molecular complexity index is 173. The highest BCUT2D eigenvalue weighted by atomic mass is 16.5. The molecule has 0 amide bonds. The van der Waals surface area contributed by atoms with Crippen LogP contribution in [0.15, 0.2) is 12.7 Å². The van der Waals surface area contributed by atoms with Crippen molar-refractivity contribution in [2.75, 3.05) is 33.3 Å². The Balaban J connectivity index is 2.43. The summed E-state index contributed by atoms with van der Waals surface area (Å²) in [4.78, 5) is 2.43. The number of hydrogen-bond acceptors (Lipinski definition) is 3. The quantitative estimate of drug-likeness (QED) is 0.663. The number of morpholine rings is 1. The van der Waals surface area contributed by atoms with Crippen LogP contribution in [0.1, 0.15) is 13.3 Å². The lowest BCUT2D eigenvalue weighted by Gasteiger charge is -2.36.